The van der Waals surface area contributed by atoms with E-state index in [4.69, 9.17) is 5.73 Å². The molecule has 98 valence electrons. The maximum absolute atomic E-state index is 11.4. The third-order valence-corrected chi connectivity index (χ3v) is 3.97. The van der Waals surface area contributed by atoms with E-state index in [1.807, 2.05) is 0 Å². The van der Waals surface area contributed by atoms with Gasteiger partial charge in [0, 0.05) is 13.1 Å². The summed E-state index contributed by atoms with van der Waals surface area (Å²) in [6.07, 6.45) is 4.60. The molecule has 0 saturated carbocycles. The molecule has 0 spiro atoms. The van der Waals surface area contributed by atoms with Gasteiger partial charge < -0.3 is 5.73 Å². The number of nitrogens with one attached hydrogen (secondary N) is 1. The van der Waals surface area contributed by atoms with Crippen molar-refractivity contribution in [1.29, 1.82) is 0 Å². The Morgan fingerprint density at radius 3 is 2.38 bits per heavy atom. The monoisotopic (exact) mass is 250 g/mol. The first kappa shape index (κ1) is 15.9. The van der Waals surface area contributed by atoms with Gasteiger partial charge in [-0.2, -0.15) is 0 Å². The Morgan fingerprint density at radius 1 is 1.25 bits per heavy atom. The number of sulfonamides is 1. The van der Waals surface area contributed by atoms with Gasteiger partial charge in [-0.15, -0.1) is 0 Å². The first-order valence-electron chi connectivity index (χ1n) is 6.00. The molecule has 3 N–H and O–H groups in total. The molecule has 0 atom stereocenters. The van der Waals surface area contributed by atoms with Crippen molar-refractivity contribution < 1.29 is 8.42 Å². The molecule has 0 bridgehead atoms. The van der Waals surface area contributed by atoms with E-state index in [0.29, 0.717) is 6.54 Å². The highest BCUT2D eigenvalue weighted by Crippen LogP contribution is 2.22. The molecule has 0 aliphatic heterocycles. The van der Waals surface area contributed by atoms with Crippen molar-refractivity contribution in [2.45, 2.75) is 46.5 Å². The van der Waals surface area contributed by atoms with E-state index in [1.165, 1.54) is 12.8 Å². The number of hydrogen-bond donors (Lipinski definition) is 2. The SMILES string of the molecule is CCCCCC(C)(C)CNS(=O)(=O)CCN. The lowest BCUT2D eigenvalue weighted by atomic mass is 9.87. The maximum Gasteiger partial charge on any atom is 0.212 e. The second-order valence-electron chi connectivity index (χ2n) is 5.05. The van der Waals surface area contributed by atoms with Gasteiger partial charge in [0.25, 0.3) is 0 Å². The molecule has 0 aromatic heterocycles. The van der Waals surface area contributed by atoms with Crippen molar-refractivity contribution in [1.82, 2.24) is 4.72 Å². The highest BCUT2D eigenvalue weighted by atomic mass is 32.2. The number of hydrogen-bond acceptors (Lipinski definition) is 3. The molecule has 16 heavy (non-hydrogen) atoms. The molecule has 0 aliphatic carbocycles. The van der Waals surface area contributed by atoms with E-state index in [0.717, 1.165) is 12.8 Å². The third-order valence-electron chi connectivity index (χ3n) is 2.61. The predicted molar refractivity (Wildman–Crippen MR) is 68.8 cm³/mol. The van der Waals surface area contributed by atoms with Crippen LogP contribution in [0.5, 0.6) is 0 Å². The average Bonchev–Trinajstić information content (AvgIpc) is 2.16. The van der Waals surface area contributed by atoms with Gasteiger partial charge in [-0.05, 0) is 11.8 Å². The molecule has 0 aromatic carbocycles. The Bertz CT molecular complexity index is 274. The van der Waals surface area contributed by atoms with Crippen LogP contribution in [-0.4, -0.2) is 27.3 Å². The van der Waals surface area contributed by atoms with Crippen LogP contribution >= 0.6 is 0 Å². The molecular weight excluding hydrogens is 224 g/mol. The van der Waals surface area contributed by atoms with Gasteiger partial charge >= 0.3 is 0 Å². The molecule has 0 amide bonds. The Balaban J connectivity index is 3.97. The van der Waals surface area contributed by atoms with E-state index in [-0.39, 0.29) is 17.7 Å². The van der Waals surface area contributed by atoms with Crippen molar-refractivity contribution >= 4 is 10.0 Å². The van der Waals surface area contributed by atoms with Gasteiger partial charge in [0.1, 0.15) is 0 Å². The molecule has 0 aromatic rings. The molecule has 0 radical (unpaired) electrons. The van der Waals surface area contributed by atoms with Crippen molar-refractivity contribution in [3.63, 3.8) is 0 Å². The Hall–Kier alpha value is -0.130. The third kappa shape index (κ3) is 8.07. The molecular formula is C11H26N2O2S. The van der Waals surface area contributed by atoms with Crippen molar-refractivity contribution in [2.24, 2.45) is 11.1 Å². The summed E-state index contributed by atoms with van der Waals surface area (Å²) in [5, 5.41) is 0. The molecule has 5 heteroatoms. The Kier molecular flexibility index (Phi) is 7.19. The normalized spacial score (nSPS) is 13.0. The van der Waals surface area contributed by atoms with Crippen LogP contribution in [0.4, 0.5) is 0 Å². The van der Waals surface area contributed by atoms with Crippen LogP contribution in [0.25, 0.3) is 0 Å². The topological polar surface area (TPSA) is 72.2 Å². The van der Waals surface area contributed by atoms with Crippen molar-refractivity contribution in [3.05, 3.63) is 0 Å². The van der Waals surface area contributed by atoms with Gasteiger partial charge in [0.15, 0.2) is 0 Å². The first-order valence-corrected chi connectivity index (χ1v) is 7.65. The molecule has 0 aliphatic rings. The lowest BCUT2D eigenvalue weighted by molar-refractivity contribution is 0.320. The number of unbranched alkanes of at least 4 members (excludes halogenated alkanes) is 2. The van der Waals surface area contributed by atoms with Crippen LogP contribution in [-0.2, 0) is 10.0 Å². The van der Waals surface area contributed by atoms with Crippen LogP contribution in [0.2, 0.25) is 0 Å². The minimum atomic E-state index is -3.17. The van der Waals surface area contributed by atoms with Gasteiger partial charge in [-0.1, -0.05) is 40.0 Å². The highest BCUT2D eigenvalue weighted by molar-refractivity contribution is 7.89. The van der Waals surface area contributed by atoms with Gasteiger partial charge in [-0.3, -0.25) is 0 Å². The quantitative estimate of drug-likeness (QED) is 0.609. The second-order valence-corrected chi connectivity index (χ2v) is 6.98. The minimum Gasteiger partial charge on any atom is -0.329 e. The van der Waals surface area contributed by atoms with Gasteiger partial charge in [-0.25, -0.2) is 13.1 Å². The fourth-order valence-corrected chi connectivity index (χ4v) is 2.54. The zero-order valence-corrected chi connectivity index (χ0v) is 11.6. The van der Waals surface area contributed by atoms with Crippen molar-refractivity contribution in [2.75, 3.05) is 18.8 Å². The van der Waals surface area contributed by atoms with E-state index in [9.17, 15) is 8.42 Å². The lowest BCUT2D eigenvalue weighted by Crippen LogP contribution is -2.36. The average molecular weight is 250 g/mol. The van der Waals surface area contributed by atoms with E-state index < -0.39 is 10.0 Å². The molecule has 0 saturated heterocycles. The van der Waals surface area contributed by atoms with Crippen LogP contribution in [0.15, 0.2) is 0 Å². The number of rotatable bonds is 9. The summed E-state index contributed by atoms with van der Waals surface area (Å²) in [4.78, 5) is 0. The summed E-state index contributed by atoms with van der Waals surface area (Å²) >= 11 is 0. The largest absolute Gasteiger partial charge is 0.329 e. The summed E-state index contributed by atoms with van der Waals surface area (Å²) in [5.41, 5.74) is 5.26. The zero-order valence-electron chi connectivity index (χ0n) is 10.8. The molecule has 0 fully saturated rings. The Morgan fingerprint density at radius 2 is 1.88 bits per heavy atom. The summed E-state index contributed by atoms with van der Waals surface area (Å²) in [5.74, 6) is 0.0119. The maximum atomic E-state index is 11.4. The standard InChI is InChI=1S/C11H26N2O2S/c1-4-5-6-7-11(2,3)10-13-16(14,15)9-8-12/h13H,4-10,12H2,1-3H3. The molecule has 0 rings (SSSR count). The van der Waals surface area contributed by atoms with Crippen LogP contribution in [0.3, 0.4) is 0 Å². The zero-order chi connectivity index (χ0) is 12.7. The summed E-state index contributed by atoms with van der Waals surface area (Å²) in [6, 6.07) is 0. The van der Waals surface area contributed by atoms with Crippen LogP contribution < -0.4 is 10.5 Å². The fraction of sp³-hybridized carbons (Fsp3) is 1.00. The highest BCUT2D eigenvalue weighted by Gasteiger charge is 2.20. The first-order chi connectivity index (χ1) is 7.33. The van der Waals surface area contributed by atoms with Crippen molar-refractivity contribution in [3.8, 4) is 0 Å². The van der Waals surface area contributed by atoms with Crippen LogP contribution in [0.1, 0.15) is 46.5 Å². The molecule has 4 nitrogen and oxygen atoms in total. The van der Waals surface area contributed by atoms with Crippen LogP contribution in [0, 0.1) is 5.41 Å². The summed E-state index contributed by atoms with van der Waals surface area (Å²) < 4.78 is 25.5. The fourth-order valence-electron chi connectivity index (χ4n) is 1.47. The second kappa shape index (κ2) is 7.25. The summed E-state index contributed by atoms with van der Waals surface area (Å²) in [7, 11) is -3.17. The number of nitrogens with two attached hydrogens (primary N) is 1. The predicted octanol–water partition coefficient (Wildman–Crippen LogP) is 1.47. The van der Waals surface area contributed by atoms with Gasteiger partial charge in [0.2, 0.25) is 10.0 Å². The van der Waals surface area contributed by atoms with Gasteiger partial charge in [0.05, 0.1) is 5.75 Å². The smallest absolute Gasteiger partial charge is 0.212 e. The Labute approximate surface area is 100 Å². The minimum absolute atomic E-state index is 0.0119. The van der Waals surface area contributed by atoms with E-state index in [1.54, 1.807) is 0 Å². The van der Waals surface area contributed by atoms with E-state index >= 15 is 0 Å². The molecule has 0 heterocycles. The lowest BCUT2D eigenvalue weighted by Gasteiger charge is -2.24. The summed E-state index contributed by atoms with van der Waals surface area (Å²) in [6.45, 7) is 7.02. The van der Waals surface area contributed by atoms with E-state index in [2.05, 4.69) is 25.5 Å². The molecule has 0 unspecified atom stereocenters.